The van der Waals surface area contributed by atoms with E-state index in [4.69, 9.17) is 25.8 Å². The van der Waals surface area contributed by atoms with Crippen LogP contribution in [0.1, 0.15) is 30.7 Å². The van der Waals surface area contributed by atoms with Crippen LogP contribution in [-0.4, -0.2) is 41.5 Å². The Hall–Kier alpha value is -2.64. The molecule has 1 aliphatic heterocycles. The van der Waals surface area contributed by atoms with Crippen LogP contribution in [0.25, 0.3) is 0 Å². The molecule has 1 fully saturated rings. The Labute approximate surface area is 222 Å². The van der Waals surface area contributed by atoms with E-state index in [1.807, 2.05) is 18.4 Å². The van der Waals surface area contributed by atoms with Crippen molar-refractivity contribution in [1.82, 2.24) is 9.55 Å². The molecule has 1 saturated heterocycles. The maximum absolute atomic E-state index is 12.8. The maximum Gasteiger partial charge on any atom is 0.416 e. The van der Waals surface area contributed by atoms with Gasteiger partial charge in [0.1, 0.15) is 17.2 Å². The Morgan fingerprint density at radius 3 is 2.24 bits per heavy atom. The van der Waals surface area contributed by atoms with E-state index in [-0.39, 0.29) is 12.3 Å². The molecule has 4 rings (SSSR count). The number of hydrogen-bond donors (Lipinski definition) is 0. The summed E-state index contributed by atoms with van der Waals surface area (Å²) in [5, 5.41) is 3.62. The van der Waals surface area contributed by atoms with Crippen LogP contribution < -0.4 is 4.74 Å². The quantitative estimate of drug-likeness (QED) is 0.311. The molecule has 2 heterocycles. The van der Waals surface area contributed by atoms with Crippen LogP contribution in [-0.2, 0) is 28.0 Å². The molecule has 0 unspecified atom stereocenters. The summed E-state index contributed by atoms with van der Waals surface area (Å²) in [6.45, 7) is 5.07. The number of hydrogen-bond acceptors (Lipinski definition) is 4. The lowest BCUT2D eigenvalue weighted by molar-refractivity contribution is -0.176. The second-order valence-corrected chi connectivity index (χ2v) is 13.0. The maximum atomic E-state index is 12.8. The molecule has 3 aromatic rings. The van der Waals surface area contributed by atoms with E-state index in [0.29, 0.717) is 29.5 Å². The smallest absolute Gasteiger partial charge is 0.416 e. The van der Waals surface area contributed by atoms with Crippen LogP contribution in [0.5, 0.6) is 11.5 Å². The third-order valence-electron chi connectivity index (χ3n) is 5.10. The number of alkyl halides is 3. The molecule has 0 N–H and O–H groups in total. The van der Waals surface area contributed by atoms with Crippen molar-refractivity contribution in [2.75, 3.05) is 32.0 Å². The highest BCUT2D eigenvalue weighted by Gasteiger charge is 2.41. The first-order chi connectivity index (χ1) is 17.5. The molecule has 0 aliphatic carbocycles. The fraction of sp³-hybridized carbons (Fsp3) is 0.370. The lowest BCUT2D eigenvalue weighted by Crippen LogP contribution is -2.33. The van der Waals surface area contributed by atoms with Gasteiger partial charge in [-0.2, -0.15) is 23.2 Å². The number of nitrogens with zero attached hydrogens (tertiary/aromatic N) is 2. The molecule has 37 heavy (non-hydrogen) atoms. The Bertz CT molecular complexity index is 1250. The van der Waals surface area contributed by atoms with Crippen LogP contribution in [0.3, 0.4) is 0 Å². The molecule has 0 amide bonds. The molecule has 1 aliphatic rings. The third-order valence-corrected chi connectivity index (χ3v) is 6.13. The minimum Gasteiger partial charge on any atom is -0.457 e. The molecule has 200 valence electrons. The monoisotopic (exact) mass is 554 g/mol. The van der Waals surface area contributed by atoms with E-state index in [2.05, 4.69) is 34.9 Å². The Morgan fingerprint density at radius 1 is 1.05 bits per heavy atom. The van der Waals surface area contributed by atoms with Crippen LogP contribution in [0.15, 0.2) is 55.0 Å². The topological polar surface area (TPSA) is 45.5 Å². The van der Waals surface area contributed by atoms with Gasteiger partial charge >= 0.3 is 6.18 Å². The summed E-state index contributed by atoms with van der Waals surface area (Å²) in [4.78, 5) is 4.23. The molecule has 0 atom stereocenters. The standard InChI is InChI=1S/C25H24ClF3N2O3S.C2H6/c1-35(2,3)13-10-19-15-30-17-31(19)16-24(32-11-12-33-24)22-9-8-21(14-23(22)26)34-20-6-4-18(5-7-20)25(27,28)29;1-2/h4-9,14-15,17H,11-12,16H2,1-3H3;1-2H3. The van der Waals surface area contributed by atoms with E-state index in [1.54, 1.807) is 30.7 Å². The number of imidazole rings is 1. The number of rotatable bonds is 5. The van der Waals surface area contributed by atoms with Crippen molar-refractivity contribution < 1.29 is 27.4 Å². The van der Waals surface area contributed by atoms with Crippen molar-refractivity contribution in [1.29, 1.82) is 0 Å². The fourth-order valence-corrected chi connectivity index (χ4v) is 4.21. The van der Waals surface area contributed by atoms with Crippen molar-refractivity contribution in [3.63, 3.8) is 0 Å². The zero-order chi connectivity index (χ0) is 27.3. The Morgan fingerprint density at radius 2 is 1.68 bits per heavy atom. The Kier molecular flexibility index (Phi) is 9.24. The van der Waals surface area contributed by atoms with E-state index >= 15 is 0 Å². The van der Waals surface area contributed by atoms with Gasteiger partial charge in [-0.15, -0.1) is 0 Å². The highest BCUT2D eigenvalue weighted by atomic mass is 35.5. The van der Waals surface area contributed by atoms with E-state index in [0.717, 1.165) is 17.8 Å². The second-order valence-electron chi connectivity index (χ2n) is 8.69. The van der Waals surface area contributed by atoms with Gasteiger partial charge in [-0.1, -0.05) is 25.4 Å². The molecule has 0 spiro atoms. The SMILES string of the molecule is CC.CS(C)(C)C#Cc1cncn1CC1(c2ccc(Oc3ccc(C(F)(F)F)cc3)cc2Cl)OCCO1. The molecule has 0 saturated carbocycles. The summed E-state index contributed by atoms with van der Waals surface area (Å²) >= 11 is 6.61. The van der Waals surface area contributed by atoms with Gasteiger partial charge in [-0.05, 0) is 72.4 Å². The lowest BCUT2D eigenvalue weighted by atomic mass is 10.0. The highest BCUT2D eigenvalue weighted by Crippen LogP contribution is 2.40. The van der Waals surface area contributed by atoms with Crippen LogP contribution >= 0.6 is 21.6 Å². The average Bonchev–Trinajstić information content (AvgIpc) is 3.49. The summed E-state index contributed by atoms with van der Waals surface area (Å²) in [6.07, 6.45) is 5.29. The molecule has 5 nitrogen and oxygen atoms in total. The highest BCUT2D eigenvalue weighted by molar-refractivity contribution is 8.35. The van der Waals surface area contributed by atoms with Crippen molar-refractivity contribution in [3.05, 3.63) is 76.8 Å². The van der Waals surface area contributed by atoms with Gasteiger partial charge in [0.2, 0.25) is 5.79 Å². The molecule has 0 radical (unpaired) electrons. The number of aromatic nitrogens is 2. The molecule has 0 bridgehead atoms. The number of ether oxygens (including phenoxy) is 3. The molecule has 1 aromatic heterocycles. The summed E-state index contributed by atoms with van der Waals surface area (Å²) in [5.41, 5.74) is 0.595. The lowest BCUT2D eigenvalue weighted by Gasteiger charge is -2.29. The van der Waals surface area contributed by atoms with Gasteiger partial charge in [0.15, 0.2) is 0 Å². The first-order valence-electron chi connectivity index (χ1n) is 11.6. The van der Waals surface area contributed by atoms with E-state index in [9.17, 15) is 13.2 Å². The van der Waals surface area contributed by atoms with Crippen LogP contribution in [0, 0.1) is 11.2 Å². The average molecular weight is 555 g/mol. The van der Waals surface area contributed by atoms with Crippen LogP contribution in [0.4, 0.5) is 13.2 Å². The summed E-state index contributed by atoms with van der Waals surface area (Å²) in [6, 6.07) is 9.43. The summed E-state index contributed by atoms with van der Waals surface area (Å²) < 4.78 is 58.0. The predicted octanol–water partition coefficient (Wildman–Crippen LogP) is 7.28. The molecular weight excluding hydrogens is 525 g/mol. The van der Waals surface area contributed by atoms with Gasteiger partial charge in [0.05, 0.1) is 42.9 Å². The summed E-state index contributed by atoms with van der Waals surface area (Å²) in [5.74, 6) is 2.68. The normalized spacial score (nSPS) is 15.3. The minimum atomic E-state index is -4.41. The van der Waals surface area contributed by atoms with Gasteiger partial charge in [-0.3, -0.25) is 0 Å². The zero-order valence-corrected chi connectivity index (χ0v) is 22.9. The van der Waals surface area contributed by atoms with Gasteiger partial charge < -0.3 is 18.8 Å². The molecule has 10 heteroatoms. The zero-order valence-electron chi connectivity index (χ0n) is 21.4. The van der Waals surface area contributed by atoms with Crippen LogP contribution in [0.2, 0.25) is 5.02 Å². The van der Waals surface area contributed by atoms with Crippen molar-refractivity contribution in [3.8, 4) is 22.7 Å². The first kappa shape index (κ1) is 28.9. The molecular formula is C27H30ClF3N2O3S. The van der Waals surface area contributed by atoms with Gasteiger partial charge in [-0.25, -0.2) is 4.98 Å². The molecule has 2 aromatic carbocycles. The van der Waals surface area contributed by atoms with Crippen molar-refractivity contribution in [2.45, 2.75) is 32.4 Å². The van der Waals surface area contributed by atoms with Crippen molar-refractivity contribution >= 4 is 21.6 Å². The summed E-state index contributed by atoms with van der Waals surface area (Å²) in [7, 11) is -1.01. The number of benzene rings is 2. The third kappa shape index (κ3) is 7.45. The van der Waals surface area contributed by atoms with E-state index in [1.165, 1.54) is 12.1 Å². The minimum absolute atomic E-state index is 0.257. The largest absolute Gasteiger partial charge is 0.457 e. The van der Waals surface area contributed by atoms with E-state index < -0.39 is 27.6 Å². The van der Waals surface area contributed by atoms with Gasteiger partial charge in [0.25, 0.3) is 0 Å². The predicted molar refractivity (Wildman–Crippen MR) is 142 cm³/mol. The van der Waals surface area contributed by atoms with Crippen molar-refractivity contribution in [2.24, 2.45) is 0 Å². The fourth-order valence-electron chi connectivity index (χ4n) is 3.48. The Balaban J connectivity index is 0.00000186. The second kappa shape index (κ2) is 11.8. The van der Waals surface area contributed by atoms with Gasteiger partial charge in [0, 0.05) is 5.56 Å². The number of halogens is 4. The first-order valence-corrected chi connectivity index (χ1v) is 14.8.